The lowest BCUT2D eigenvalue weighted by Gasteiger charge is -2.05. The number of aromatic hydroxyl groups is 1. The Balaban J connectivity index is 3.15. The molecule has 4 nitrogen and oxygen atoms in total. The van der Waals surface area contributed by atoms with Crippen molar-refractivity contribution in [1.82, 2.24) is 0 Å². The summed E-state index contributed by atoms with van der Waals surface area (Å²) in [6, 6.07) is 4.61. The molecule has 0 amide bonds. The second kappa shape index (κ2) is 4.02. The highest BCUT2D eigenvalue weighted by molar-refractivity contribution is 6.00. The molecular formula is C9H11NO3. The molecule has 0 fully saturated rings. The molecule has 13 heavy (non-hydrogen) atoms. The maximum Gasteiger partial charge on any atom is 0.180 e. The molecule has 0 aromatic heterocycles. The number of Topliss-reactive ketones (excluding diaryl/α,β-unsaturated/α-hetero) is 1. The van der Waals surface area contributed by atoms with Gasteiger partial charge in [0.25, 0.3) is 0 Å². The normalized spacial score (nSPS) is 10.0. The van der Waals surface area contributed by atoms with Crippen molar-refractivity contribution in [2.75, 3.05) is 6.54 Å². The third-order valence-electron chi connectivity index (χ3n) is 1.78. The number of hydrogen-bond acceptors (Lipinski definition) is 4. The van der Waals surface area contributed by atoms with Crippen molar-refractivity contribution < 1.29 is 15.0 Å². The Morgan fingerprint density at radius 2 is 2.15 bits per heavy atom. The number of aliphatic hydroxyl groups is 1. The number of hydrogen-bond donors (Lipinski definition) is 3. The molecule has 0 saturated heterocycles. The molecule has 0 radical (unpaired) electrons. The maximum atomic E-state index is 11.1. The Morgan fingerprint density at radius 3 is 2.69 bits per heavy atom. The molecule has 70 valence electrons. The first-order chi connectivity index (χ1) is 6.20. The van der Waals surface area contributed by atoms with Crippen molar-refractivity contribution in [3.05, 3.63) is 29.3 Å². The second-order valence-electron chi connectivity index (χ2n) is 2.60. The van der Waals surface area contributed by atoms with E-state index in [0.29, 0.717) is 5.56 Å². The highest BCUT2D eigenvalue weighted by atomic mass is 16.3. The molecule has 4 N–H and O–H groups in total. The van der Waals surface area contributed by atoms with Crippen LogP contribution >= 0.6 is 0 Å². The molecule has 0 heterocycles. The van der Waals surface area contributed by atoms with Crippen LogP contribution in [0.3, 0.4) is 0 Å². The summed E-state index contributed by atoms with van der Waals surface area (Å²) in [6.07, 6.45) is 0. The molecule has 0 aliphatic rings. The van der Waals surface area contributed by atoms with E-state index in [1.807, 2.05) is 0 Å². The zero-order valence-corrected chi connectivity index (χ0v) is 7.03. The largest absolute Gasteiger partial charge is 0.507 e. The molecule has 1 aromatic rings. The first-order valence-electron chi connectivity index (χ1n) is 3.85. The quantitative estimate of drug-likeness (QED) is 0.574. The fourth-order valence-electron chi connectivity index (χ4n) is 1.05. The van der Waals surface area contributed by atoms with Gasteiger partial charge in [0.15, 0.2) is 5.78 Å². The fraction of sp³-hybridized carbons (Fsp3) is 0.222. The van der Waals surface area contributed by atoms with Crippen molar-refractivity contribution >= 4 is 5.78 Å². The van der Waals surface area contributed by atoms with Crippen molar-refractivity contribution in [3.63, 3.8) is 0 Å². The smallest absolute Gasteiger partial charge is 0.180 e. The van der Waals surface area contributed by atoms with E-state index < -0.39 is 0 Å². The summed E-state index contributed by atoms with van der Waals surface area (Å²) >= 11 is 0. The Labute approximate surface area is 75.6 Å². The summed E-state index contributed by atoms with van der Waals surface area (Å²) in [5.41, 5.74) is 5.64. The summed E-state index contributed by atoms with van der Waals surface area (Å²) in [6.45, 7) is -0.444. The second-order valence-corrected chi connectivity index (χ2v) is 2.60. The summed E-state index contributed by atoms with van der Waals surface area (Å²) in [5, 5.41) is 18.2. The predicted octanol–water partition coefficient (Wildman–Crippen LogP) is 0.0259. The molecule has 0 atom stereocenters. The fourth-order valence-corrected chi connectivity index (χ4v) is 1.05. The molecule has 0 aliphatic heterocycles. The van der Waals surface area contributed by atoms with E-state index in [9.17, 15) is 9.90 Å². The minimum atomic E-state index is -0.340. The van der Waals surface area contributed by atoms with Crippen LogP contribution in [0.15, 0.2) is 18.2 Å². The van der Waals surface area contributed by atoms with Crippen LogP contribution in [0.2, 0.25) is 0 Å². The summed E-state index contributed by atoms with van der Waals surface area (Å²) in [4.78, 5) is 11.1. The van der Waals surface area contributed by atoms with E-state index >= 15 is 0 Å². The number of carbonyl (C=O) groups is 1. The number of carbonyl (C=O) groups excluding carboxylic acids is 1. The van der Waals surface area contributed by atoms with Crippen LogP contribution in [0.25, 0.3) is 0 Å². The van der Waals surface area contributed by atoms with Crippen molar-refractivity contribution in [3.8, 4) is 5.75 Å². The van der Waals surface area contributed by atoms with Crippen LogP contribution in [0.5, 0.6) is 5.75 Å². The van der Waals surface area contributed by atoms with Gasteiger partial charge in [-0.05, 0) is 6.07 Å². The topological polar surface area (TPSA) is 83.6 Å². The van der Waals surface area contributed by atoms with Crippen LogP contribution in [0, 0.1) is 0 Å². The van der Waals surface area contributed by atoms with E-state index in [1.54, 1.807) is 12.1 Å². The lowest BCUT2D eigenvalue weighted by molar-refractivity contribution is 0.0998. The average Bonchev–Trinajstić information content (AvgIpc) is 2.17. The first-order valence-corrected chi connectivity index (χ1v) is 3.85. The van der Waals surface area contributed by atoms with Gasteiger partial charge in [-0.15, -0.1) is 0 Å². The Bertz CT molecular complexity index is 323. The number of phenols is 1. The Kier molecular flexibility index (Phi) is 3.00. The van der Waals surface area contributed by atoms with Gasteiger partial charge < -0.3 is 15.9 Å². The number of para-hydroxylation sites is 1. The van der Waals surface area contributed by atoms with Crippen LogP contribution in [0.4, 0.5) is 0 Å². The first kappa shape index (κ1) is 9.70. The van der Waals surface area contributed by atoms with Crippen molar-refractivity contribution in [1.29, 1.82) is 0 Å². The highest BCUT2D eigenvalue weighted by Crippen LogP contribution is 2.22. The SMILES string of the molecule is NCC(=O)c1cccc(CO)c1O. The zero-order valence-electron chi connectivity index (χ0n) is 7.03. The van der Waals surface area contributed by atoms with Crippen LogP contribution < -0.4 is 5.73 Å². The molecule has 4 heteroatoms. The predicted molar refractivity (Wildman–Crippen MR) is 47.4 cm³/mol. The van der Waals surface area contributed by atoms with Crippen molar-refractivity contribution in [2.45, 2.75) is 6.61 Å². The summed E-state index contributed by atoms with van der Waals surface area (Å²) in [7, 11) is 0. The van der Waals surface area contributed by atoms with Gasteiger partial charge in [-0.3, -0.25) is 4.79 Å². The number of nitrogens with two attached hydrogens (primary N) is 1. The maximum absolute atomic E-state index is 11.1. The summed E-state index contributed by atoms with van der Waals surface area (Å²) < 4.78 is 0. The molecule has 1 aromatic carbocycles. The van der Waals surface area contributed by atoms with Gasteiger partial charge in [-0.2, -0.15) is 0 Å². The van der Waals surface area contributed by atoms with Gasteiger partial charge in [0.1, 0.15) is 5.75 Å². The summed E-state index contributed by atoms with van der Waals surface area (Å²) in [5.74, 6) is -0.520. The number of aliphatic hydroxyl groups excluding tert-OH is 1. The number of benzene rings is 1. The number of rotatable bonds is 3. The monoisotopic (exact) mass is 181 g/mol. The Morgan fingerprint density at radius 1 is 1.46 bits per heavy atom. The third-order valence-corrected chi connectivity index (χ3v) is 1.78. The van der Waals surface area contributed by atoms with Gasteiger partial charge in [0, 0.05) is 5.56 Å². The van der Waals surface area contributed by atoms with Gasteiger partial charge in [0.05, 0.1) is 18.7 Å². The van der Waals surface area contributed by atoms with Crippen molar-refractivity contribution in [2.24, 2.45) is 5.73 Å². The van der Waals surface area contributed by atoms with E-state index in [4.69, 9.17) is 10.8 Å². The molecular weight excluding hydrogens is 170 g/mol. The minimum Gasteiger partial charge on any atom is -0.507 e. The molecule has 0 bridgehead atoms. The van der Waals surface area contributed by atoms with Gasteiger partial charge >= 0.3 is 0 Å². The third kappa shape index (κ3) is 1.85. The van der Waals surface area contributed by atoms with Crippen LogP contribution in [-0.2, 0) is 6.61 Å². The highest BCUT2D eigenvalue weighted by Gasteiger charge is 2.11. The van der Waals surface area contributed by atoms with Crippen LogP contribution in [0.1, 0.15) is 15.9 Å². The molecule has 1 rings (SSSR count). The van der Waals surface area contributed by atoms with Gasteiger partial charge in [-0.25, -0.2) is 0 Å². The lowest BCUT2D eigenvalue weighted by Crippen LogP contribution is -2.14. The molecule has 0 unspecified atom stereocenters. The molecule has 0 saturated carbocycles. The van der Waals surface area contributed by atoms with Gasteiger partial charge in [0.2, 0.25) is 0 Å². The molecule has 0 aliphatic carbocycles. The lowest BCUT2D eigenvalue weighted by atomic mass is 10.1. The van der Waals surface area contributed by atoms with Gasteiger partial charge in [-0.1, -0.05) is 12.1 Å². The van der Waals surface area contributed by atoms with E-state index in [2.05, 4.69) is 0 Å². The van der Waals surface area contributed by atoms with Crippen LogP contribution in [-0.4, -0.2) is 22.5 Å². The minimum absolute atomic E-state index is 0.150. The van der Waals surface area contributed by atoms with E-state index in [-0.39, 0.29) is 30.2 Å². The Hall–Kier alpha value is -1.39. The number of ketones is 1. The molecule has 0 spiro atoms. The zero-order chi connectivity index (χ0) is 9.84. The van der Waals surface area contributed by atoms with E-state index in [0.717, 1.165) is 0 Å². The van der Waals surface area contributed by atoms with E-state index in [1.165, 1.54) is 6.07 Å². The average molecular weight is 181 g/mol. The standard InChI is InChI=1S/C9H11NO3/c10-4-8(12)7-3-1-2-6(5-11)9(7)13/h1-3,11,13H,4-5,10H2.